The van der Waals surface area contributed by atoms with Gasteiger partial charge in [0.1, 0.15) is 11.8 Å². The van der Waals surface area contributed by atoms with Crippen LogP contribution >= 0.6 is 0 Å². The molecule has 0 unspecified atom stereocenters. The maximum Gasteiger partial charge on any atom is 0.257 e. The van der Waals surface area contributed by atoms with Crippen LogP contribution in [0.1, 0.15) is 15.9 Å². The van der Waals surface area contributed by atoms with E-state index < -0.39 is 0 Å². The van der Waals surface area contributed by atoms with E-state index in [1.54, 1.807) is 35.3 Å². The van der Waals surface area contributed by atoms with E-state index in [1.807, 2.05) is 25.1 Å². The molecule has 2 aromatic carbocycles. The molecule has 2 aromatic heterocycles. The first kappa shape index (κ1) is 14.9. The summed E-state index contributed by atoms with van der Waals surface area (Å²) in [5.41, 5.74) is 4.19. The number of carbonyl (C=O) groups is 1. The smallest absolute Gasteiger partial charge is 0.257 e. The molecule has 4 rings (SSSR count). The molecule has 25 heavy (non-hydrogen) atoms. The third-order valence-electron chi connectivity index (χ3n) is 3.79. The Balaban J connectivity index is 1.64. The number of carbonyl (C=O) groups excluding carboxylic acids is 1. The summed E-state index contributed by atoms with van der Waals surface area (Å²) >= 11 is 0. The molecule has 2 heterocycles. The van der Waals surface area contributed by atoms with E-state index in [2.05, 4.69) is 30.8 Å². The lowest BCUT2D eigenvalue weighted by Gasteiger charge is -2.10. The maximum absolute atomic E-state index is 12.6. The summed E-state index contributed by atoms with van der Waals surface area (Å²) in [7, 11) is 0. The molecule has 0 aliphatic carbocycles. The monoisotopic (exact) mass is 331 g/mol. The van der Waals surface area contributed by atoms with Gasteiger partial charge in [-0.2, -0.15) is 0 Å². The Labute approximate surface area is 142 Å². The highest BCUT2D eigenvalue weighted by Gasteiger charge is 2.12. The van der Waals surface area contributed by atoms with Crippen molar-refractivity contribution < 1.29 is 4.79 Å². The summed E-state index contributed by atoms with van der Waals surface area (Å²) in [5, 5.41) is 14.0. The minimum absolute atomic E-state index is 0.235. The zero-order valence-corrected chi connectivity index (χ0v) is 13.3. The number of para-hydroxylation sites is 1. The number of tetrazole rings is 1. The lowest BCUT2D eigenvalue weighted by Crippen LogP contribution is -2.13. The van der Waals surface area contributed by atoms with Crippen LogP contribution in [0, 0.1) is 6.92 Å². The van der Waals surface area contributed by atoms with Crippen LogP contribution in [0.2, 0.25) is 0 Å². The number of anilines is 1. The van der Waals surface area contributed by atoms with Gasteiger partial charge in [-0.3, -0.25) is 14.8 Å². The van der Waals surface area contributed by atoms with Crippen molar-refractivity contribution in [1.82, 2.24) is 30.2 Å². The number of fused-ring (bicyclic) bond motifs is 1. The Kier molecular flexibility index (Phi) is 3.62. The van der Waals surface area contributed by atoms with Crippen molar-refractivity contribution in [1.29, 1.82) is 0 Å². The van der Waals surface area contributed by atoms with E-state index in [1.165, 1.54) is 6.33 Å². The number of hydrogen-bond donors (Lipinski definition) is 1. The van der Waals surface area contributed by atoms with Gasteiger partial charge in [-0.15, -0.1) is 5.10 Å². The fraction of sp³-hybridized carbons (Fsp3) is 0.0588. The molecule has 1 amide bonds. The SMILES string of the molecule is Cc1cc(NC(=O)c2cccc3nccnc23)ccc1-n1cnnn1. The molecule has 0 spiro atoms. The van der Waals surface area contributed by atoms with Crippen LogP contribution in [0.3, 0.4) is 0 Å². The summed E-state index contributed by atoms with van der Waals surface area (Å²) in [5.74, 6) is -0.235. The number of amides is 1. The van der Waals surface area contributed by atoms with Gasteiger partial charge in [0, 0.05) is 18.1 Å². The summed E-state index contributed by atoms with van der Waals surface area (Å²) in [6.07, 6.45) is 4.70. The third-order valence-corrected chi connectivity index (χ3v) is 3.79. The van der Waals surface area contributed by atoms with Crippen LogP contribution in [0.5, 0.6) is 0 Å². The van der Waals surface area contributed by atoms with Gasteiger partial charge in [0.15, 0.2) is 0 Å². The minimum atomic E-state index is -0.235. The van der Waals surface area contributed by atoms with E-state index in [9.17, 15) is 4.79 Å². The molecule has 0 radical (unpaired) electrons. The number of rotatable bonds is 3. The van der Waals surface area contributed by atoms with Crippen molar-refractivity contribution >= 4 is 22.6 Å². The summed E-state index contributed by atoms with van der Waals surface area (Å²) in [4.78, 5) is 21.1. The fourth-order valence-corrected chi connectivity index (χ4v) is 2.64. The van der Waals surface area contributed by atoms with Gasteiger partial charge < -0.3 is 5.32 Å². The van der Waals surface area contributed by atoms with Crippen LogP contribution in [0.25, 0.3) is 16.7 Å². The molecular formula is C17H13N7O. The number of aryl methyl sites for hydroxylation is 1. The summed E-state index contributed by atoms with van der Waals surface area (Å²) in [6, 6.07) is 10.9. The van der Waals surface area contributed by atoms with Crippen molar-refractivity contribution in [3.63, 3.8) is 0 Å². The Hall–Kier alpha value is -3.68. The first-order valence-electron chi connectivity index (χ1n) is 7.57. The van der Waals surface area contributed by atoms with Gasteiger partial charge in [0.2, 0.25) is 0 Å². The fourth-order valence-electron chi connectivity index (χ4n) is 2.64. The number of benzene rings is 2. The summed E-state index contributed by atoms with van der Waals surface area (Å²) < 4.78 is 1.57. The van der Waals surface area contributed by atoms with Crippen molar-refractivity contribution in [2.24, 2.45) is 0 Å². The zero-order chi connectivity index (χ0) is 17.2. The third kappa shape index (κ3) is 2.80. The molecule has 8 nitrogen and oxygen atoms in total. The predicted molar refractivity (Wildman–Crippen MR) is 91.4 cm³/mol. The molecular weight excluding hydrogens is 318 g/mol. The van der Waals surface area contributed by atoms with Crippen molar-refractivity contribution in [3.05, 3.63) is 66.2 Å². The second-order valence-corrected chi connectivity index (χ2v) is 5.44. The lowest BCUT2D eigenvalue weighted by molar-refractivity contribution is 0.102. The van der Waals surface area contributed by atoms with Crippen LogP contribution < -0.4 is 5.32 Å². The highest BCUT2D eigenvalue weighted by molar-refractivity contribution is 6.11. The first-order chi connectivity index (χ1) is 12.2. The van der Waals surface area contributed by atoms with Crippen LogP contribution in [-0.4, -0.2) is 36.1 Å². The molecule has 4 aromatic rings. The Morgan fingerprint density at radius 1 is 1.12 bits per heavy atom. The number of aromatic nitrogens is 6. The standard InChI is InChI=1S/C17H13N7O/c1-11-9-12(5-6-15(11)24-10-20-22-23-24)21-17(25)13-3-2-4-14-16(13)19-8-7-18-14/h2-10H,1H3,(H,21,25). The van der Waals surface area contributed by atoms with E-state index >= 15 is 0 Å². The largest absolute Gasteiger partial charge is 0.322 e. The van der Waals surface area contributed by atoms with Crippen molar-refractivity contribution in [3.8, 4) is 5.69 Å². The minimum Gasteiger partial charge on any atom is -0.322 e. The topological polar surface area (TPSA) is 98.5 Å². The zero-order valence-electron chi connectivity index (χ0n) is 13.3. The quantitative estimate of drug-likeness (QED) is 0.618. The molecule has 0 saturated carbocycles. The highest BCUT2D eigenvalue weighted by Crippen LogP contribution is 2.20. The molecule has 0 bridgehead atoms. The molecule has 0 fully saturated rings. The lowest BCUT2D eigenvalue weighted by atomic mass is 10.1. The predicted octanol–water partition coefficient (Wildman–Crippen LogP) is 2.17. The van der Waals surface area contributed by atoms with Crippen molar-refractivity contribution in [2.75, 3.05) is 5.32 Å². The molecule has 0 aliphatic heterocycles. The van der Waals surface area contributed by atoms with Gasteiger partial charge >= 0.3 is 0 Å². The van der Waals surface area contributed by atoms with Gasteiger partial charge in [0.05, 0.1) is 16.8 Å². The average Bonchev–Trinajstić information content (AvgIpc) is 3.15. The Morgan fingerprint density at radius 3 is 2.80 bits per heavy atom. The number of nitrogens with one attached hydrogen (secondary N) is 1. The van der Waals surface area contributed by atoms with E-state index in [0.29, 0.717) is 22.3 Å². The average molecular weight is 331 g/mol. The molecule has 8 heteroatoms. The molecule has 0 aliphatic rings. The van der Waals surface area contributed by atoms with Crippen LogP contribution in [0.15, 0.2) is 55.1 Å². The van der Waals surface area contributed by atoms with Gasteiger partial charge in [-0.1, -0.05) is 6.07 Å². The molecule has 0 saturated heterocycles. The van der Waals surface area contributed by atoms with E-state index in [-0.39, 0.29) is 5.91 Å². The number of hydrogen-bond acceptors (Lipinski definition) is 6. The van der Waals surface area contributed by atoms with Crippen LogP contribution in [-0.2, 0) is 0 Å². The second-order valence-electron chi connectivity index (χ2n) is 5.44. The van der Waals surface area contributed by atoms with Gasteiger partial charge in [0.25, 0.3) is 5.91 Å². The molecule has 1 N–H and O–H groups in total. The molecule has 122 valence electrons. The Bertz CT molecular complexity index is 1050. The van der Waals surface area contributed by atoms with Gasteiger partial charge in [-0.05, 0) is 53.2 Å². The molecule has 0 atom stereocenters. The van der Waals surface area contributed by atoms with Crippen molar-refractivity contribution in [2.45, 2.75) is 6.92 Å². The summed E-state index contributed by atoms with van der Waals surface area (Å²) in [6.45, 7) is 1.93. The highest BCUT2D eigenvalue weighted by atomic mass is 16.1. The van der Waals surface area contributed by atoms with E-state index in [0.717, 1.165) is 11.3 Å². The van der Waals surface area contributed by atoms with E-state index in [4.69, 9.17) is 0 Å². The van der Waals surface area contributed by atoms with Gasteiger partial charge in [-0.25, -0.2) is 4.68 Å². The normalized spacial score (nSPS) is 10.8. The number of nitrogens with zero attached hydrogens (tertiary/aromatic N) is 6. The second kappa shape index (κ2) is 6.08. The maximum atomic E-state index is 12.6. The Morgan fingerprint density at radius 2 is 2.00 bits per heavy atom. The first-order valence-corrected chi connectivity index (χ1v) is 7.57. The van der Waals surface area contributed by atoms with Crippen LogP contribution in [0.4, 0.5) is 5.69 Å².